The summed E-state index contributed by atoms with van der Waals surface area (Å²) in [6, 6.07) is 15.5. The van der Waals surface area contributed by atoms with Crippen molar-refractivity contribution in [1.29, 1.82) is 0 Å². The summed E-state index contributed by atoms with van der Waals surface area (Å²) in [7, 11) is 0. The molecule has 1 aliphatic heterocycles. The fourth-order valence-corrected chi connectivity index (χ4v) is 4.05. The van der Waals surface area contributed by atoms with E-state index >= 15 is 0 Å². The topological polar surface area (TPSA) is 84.3 Å². The van der Waals surface area contributed by atoms with Crippen molar-refractivity contribution in [3.8, 4) is 28.5 Å². The van der Waals surface area contributed by atoms with Gasteiger partial charge in [0.25, 0.3) is 0 Å². The molecule has 0 saturated carbocycles. The van der Waals surface area contributed by atoms with E-state index < -0.39 is 0 Å². The van der Waals surface area contributed by atoms with Crippen LogP contribution in [-0.4, -0.2) is 37.2 Å². The number of unbranched alkanes of at least 4 members (excludes halogenated alkanes) is 1. The van der Waals surface area contributed by atoms with Crippen LogP contribution in [0.1, 0.15) is 25.3 Å². The van der Waals surface area contributed by atoms with Crippen LogP contribution in [0.5, 0.6) is 17.2 Å². The highest BCUT2D eigenvalue weighted by Gasteiger charge is 2.16. The minimum absolute atomic E-state index is 0.212. The molecule has 0 unspecified atom stereocenters. The highest BCUT2D eigenvalue weighted by atomic mass is 16.7. The van der Waals surface area contributed by atoms with Crippen LogP contribution in [0.15, 0.2) is 65.7 Å². The number of hydrogen-bond donors (Lipinski definition) is 0. The van der Waals surface area contributed by atoms with E-state index in [2.05, 4.69) is 17.1 Å². The molecule has 0 atom stereocenters. The summed E-state index contributed by atoms with van der Waals surface area (Å²) in [6.07, 6.45) is 5.59. The maximum Gasteiger partial charge on any atom is 0.350 e. The Balaban J connectivity index is 1.32. The van der Waals surface area contributed by atoms with E-state index in [0.717, 1.165) is 40.9 Å². The lowest BCUT2D eigenvalue weighted by molar-refractivity contribution is 0.174. The molecule has 3 aromatic heterocycles. The van der Waals surface area contributed by atoms with Gasteiger partial charge < -0.3 is 14.2 Å². The van der Waals surface area contributed by atoms with Gasteiger partial charge in [0.2, 0.25) is 6.79 Å². The Morgan fingerprint density at radius 1 is 1.00 bits per heavy atom. The fraction of sp³-hybridized carbons (Fsp3) is 0.240. The van der Waals surface area contributed by atoms with Gasteiger partial charge in [0.05, 0.1) is 18.8 Å². The van der Waals surface area contributed by atoms with E-state index in [0.29, 0.717) is 30.3 Å². The molecule has 0 spiro atoms. The SMILES string of the molecule is CCCCOc1ccc(-c2cc3c4nn(Cc5ccc6c(c5)OCO6)c(=O)n4ccn3n2)cc1. The number of aromatic nitrogens is 5. The zero-order chi connectivity index (χ0) is 23.1. The third kappa shape index (κ3) is 3.55. The molecule has 9 heteroatoms. The molecule has 34 heavy (non-hydrogen) atoms. The van der Waals surface area contributed by atoms with Crippen LogP contribution >= 0.6 is 0 Å². The van der Waals surface area contributed by atoms with E-state index in [-0.39, 0.29) is 12.5 Å². The second kappa shape index (κ2) is 8.26. The maximum absolute atomic E-state index is 13.0. The second-order valence-electron chi connectivity index (χ2n) is 8.21. The van der Waals surface area contributed by atoms with E-state index in [1.165, 1.54) is 4.68 Å². The lowest BCUT2D eigenvalue weighted by atomic mass is 10.1. The lowest BCUT2D eigenvalue weighted by Gasteiger charge is -2.05. The minimum Gasteiger partial charge on any atom is -0.494 e. The molecule has 2 aromatic carbocycles. The number of ether oxygens (including phenoxy) is 3. The van der Waals surface area contributed by atoms with Crippen LogP contribution in [0.2, 0.25) is 0 Å². The summed E-state index contributed by atoms with van der Waals surface area (Å²) in [5.41, 5.74) is 3.75. The van der Waals surface area contributed by atoms with Gasteiger partial charge in [0.1, 0.15) is 11.3 Å². The van der Waals surface area contributed by atoms with Gasteiger partial charge in [-0.2, -0.15) is 5.10 Å². The van der Waals surface area contributed by atoms with Crippen molar-refractivity contribution in [2.45, 2.75) is 26.3 Å². The Morgan fingerprint density at radius 2 is 1.85 bits per heavy atom. The van der Waals surface area contributed by atoms with Gasteiger partial charge in [-0.05, 0) is 54.4 Å². The molecule has 0 radical (unpaired) electrons. The minimum atomic E-state index is -0.216. The second-order valence-corrected chi connectivity index (χ2v) is 8.21. The third-order valence-electron chi connectivity index (χ3n) is 5.88. The molecule has 9 nitrogen and oxygen atoms in total. The molecule has 1 aliphatic rings. The molecular formula is C25H23N5O4. The van der Waals surface area contributed by atoms with Crippen LogP contribution in [0.4, 0.5) is 0 Å². The first-order valence-corrected chi connectivity index (χ1v) is 11.3. The molecule has 0 aliphatic carbocycles. The molecule has 4 heterocycles. The van der Waals surface area contributed by atoms with Gasteiger partial charge in [-0.15, -0.1) is 5.10 Å². The number of fused-ring (bicyclic) bond motifs is 4. The van der Waals surface area contributed by atoms with E-state index in [4.69, 9.17) is 14.2 Å². The van der Waals surface area contributed by atoms with Crippen LogP contribution < -0.4 is 19.9 Å². The Labute approximate surface area is 194 Å². The van der Waals surface area contributed by atoms with Gasteiger partial charge >= 0.3 is 5.69 Å². The van der Waals surface area contributed by atoms with Crippen molar-refractivity contribution >= 4 is 11.2 Å². The lowest BCUT2D eigenvalue weighted by Crippen LogP contribution is -2.21. The Hall–Kier alpha value is -4.27. The molecule has 0 N–H and O–H groups in total. The zero-order valence-corrected chi connectivity index (χ0v) is 18.7. The van der Waals surface area contributed by atoms with Gasteiger partial charge in [0.15, 0.2) is 17.1 Å². The van der Waals surface area contributed by atoms with Crippen molar-refractivity contribution in [3.63, 3.8) is 0 Å². The highest BCUT2D eigenvalue weighted by molar-refractivity contribution is 5.76. The molecule has 5 aromatic rings. The van der Waals surface area contributed by atoms with E-state index in [1.54, 1.807) is 21.3 Å². The van der Waals surface area contributed by atoms with Crippen molar-refractivity contribution < 1.29 is 14.2 Å². The highest BCUT2D eigenvalue weighted by Crippen LogP contribution is 2.32. The van der Waals surface area contributed by atoms with Crippen LogP contribution in [0, 0.1) is 0 Å². The van der Waals surface area contributed by atoms with E-state index in [1.807, 2.05) is 48.5 Å². The van der Waals surface area contributed by atoms with Crippen molar-refractivity contribution in [3.05, 3.63) is 77.0 Å². The largest absolute Gasteiger partial charge is 0.494 e. The van der Waals surface area contributed by atoms with Crippen LogP contribution in [-0.2, 0) is 6.54 Å². The van der Waals surface area contributed by atoms with Gasteiger partial charge in [-0.3, -0.25) is 0 Å². The zero-order valence-electron chi connectivity index (χ0n) is 18.7. The standard InChI is InChI=1S/C25H23N5O4/c1-2-3-12-32-19-7-5-18(6-8-19)20-14-21-24-27-30(25(31)28(24)10-11-29(21)26-20)15-17-4-9-22-23(13-17)34-16-33-22/h4-11,13-14H,2-3,12,15-16H2,1H3. The van der Waals surface area contributed by atoms with Crippen LogP contribution in [0.25, 0.3) is 22.4 Å². The summed E-state index contributed by atoms with van der Waals surface area (Å²) >= 11 is 0. The normalized spacial score (nSPS) is 12.6. The van der Waals surface area contributed by atoms with Crippen molar-refractivity contribution in [2.24, 2.45) is 0 Å². The number of rotatable bonds is 7. The maximum atomic E-state index is 13.0. The Morgan fingerprint density at radius 3 is 2.71 bits per heavy atom. The summed E-state index contributed by atoms with van der Waals surface area (Å²) in [5, 5.41) is 9.29. The average Bonchev–Trinajstić information content (AvgIpc) is 3.57. The monoisotopic (exact) mass is 457 g/mol. The molecule has 0 saturated heterocycles. The quantitative estimate of drug-likeness (QED) is 0.346. The van der Waals surface area contributed by atoms with Crippen molar-refractivity contribution in [1.82, 2.24) is 23.8 Å². The first-order valence-electron chi connectivity index (χ1n) is 11.3. The molecule has 172 valence electrons. The number of nitrogens with zero attached hydrogens (tertiary/aromatic N) is 5. The average molecular weight is 457 g/mol. The summed E-state index contributed by atoms with van der Waals surface area (Å²) in [4.78, 5) is 13.0. The summed E-state index contributed by atoms with van der Waals surface area (Å²) in [5.74, 6) is 2.23. The third-order valence-corrected chi connectivity index (χ3v) is 5.88. The van der Waals surface area contributed by atoms with Gasteiger partial charge in [-0.1, -0.05) is 19.4 Å². The first kappa shape index (κ1) is 20.3. The molecular weight excluding hydrogens is 434 g/mol. The first-order chi connectivity index (χ1) is 16.7. The predicted molar refractivity (Wildman–Crippen MR) is 126 cm³/mol. The summed E-state index contributed by atoms with van der Waals surface area (Å²) in [6.45, 7) is 3.39. The van der Waals surface area contributed by atoms with Gasteiger partial charge in [0, 0.05) is 18.0 Å². The van der Waals surface area contributed by atoms with E-state index in [9.17, 15) is 4.79 Å². The molecule has 6 rings (SSSR count). The fourth-order valence-electron chi connectivity index (χ4n) is 4.05. The number of hydrogen-bond acceptors (Lipinski definition) is 6. The Bertz CT molecular complexity index is 1550. The molecule has 0 bridgehead atoms. The smallest absolute Gasteiger partial charge is 0.350 e. The summed E-state index contributed by atoms with van der Waals surface area (Å²) < 4.78 is 21.3. The van der Waals surface area contributed by atoms with Gasteiger partial charge in [-0.25, -0.2) is 18.4 Å². The molecule has 0 amide bonds. The predicted octanol–water partition coefficient (Wildman–Crippen LogP) is 3.77. The Kier molecular flexibility index (Phi) is 4.94. The van der Waals surface area contributed by atoms with Crippen molar-refractivity contribution in [2.75, 3.05) is 13.4 Å². The van der Waals surface area contributed by atoms with Crippen LogP contribution in [0.3, 0.4) is 0 Å². The number of benzene rings is 2. The molecule has 0 fully saturated rings.